The molecule has 0 N–H and O–H groups in total. The van der Waals surface area contributed by atoms with Crippen LogP contribution >= 0.6 is 34.2 Å². The number of hydrogen-bond acceptors (Lipinski definition) is 2. The molecule has 1 aliphatic heterocycles. The van der Waals surface area contributed by atoms with Gasteiger partial charge in [-0.1, -0.05) is 6.42 Å². The largest absolute Gasteiger partial charge is 0.325 e. The van der Waals surface area contributed by atoms with Crippen LogP contribution in [0.2, 0.25) is 0 Å². The van der Waals surface area contributed by atoms with Gasteiger partial charge in [-0.2, -0.15) is 0 Å². The normalized spacial score (nSPS) is 18.2. The van der Waals surface area contributed by atoms with Gasteiger partial charge in [0.15, 0.2) is 0 Å². The lowest BCUT2D eigenvalue weighted by molar-refractivity contribution is 0.221. The first-order valence-corrected chi connectivity index (χ1v) is 9.19. The van der Waals surface area contributed by atoms with Crippen LogP contribution in [0, 0.1) is 3.57 Å². The Kier molecular flexibility index (Phi) is 5.07. The Morgan fingerprint density at radius 2 is 2.00 bits per heavy atom. The fraction of sp³-hybridized carbons (Fsp3) is 0.562. The molecule has 0 amide bonds. The summed E-state index contributed by atoms with van der Waals surface area (Å²) < 4.78 is 3.52. The third-order valence-electron chi connectivity index (χ3n) is 4.18. The SMILES string of the molecule is CC(Cl)c1nc2cc(I)ccc2n1CCN1CCCCC1. The number of imidazole rings is 1. The van der Waals surface area contributed by atoms with Crippen molar-refractivity contribution in [2.75, 3.05) is 19.6 Å². The number of fused-ring (bicyclic) bond motifs is 1. The Hall–Kier alpha value is -0.330. The molecule has 1 aromatic heterocycles. The molecule has 2 heterocycles. The predicted molar refractivity (Wildman–Crippen MR) is 97.0 cm³/mol. The molecule has 2 aromatic rings. The average Bonchev–Trinajstić information content (AvgIpc) is 2.84. The molecule has 5 heteroatoms. The Labute approximate surface area is 144 Å². The Morgan fingerprint density at radius 3 is 2.71 bits per heavy atom. The Bertz CT molecular complexity index is 617. The van der Waals surface area contributed by atoms with Gasteiger partial charge in [0.1, 0.15) is 5.82 Å². The van der Waals surface area contributed by atoms with Crippen LogP contribution in [0.15, 0.2) is 18.2 Å². The first-order chi connectivity index (χ1) is 10.1. The van der Waals surface area contributed by atoms with Gasteiger partial charge in [-0.15, -0.1) is 11.6 Å². The molecule has 1 unspecified atom stereocenters. The fourth-order valence-corrected chi connectivity index (χ4v) is 3.73. The summed E-state index contributed by atoms with van der Waals surface area (Å²) in [7, 11) is 0. The molecule has 1 fully saturated rings. The average molecular weight is 418 g/mol. The van der Waals surface area contributed by atoms with Crippen molar-refractivity contribution in [1.29, 1.82) is 0 Å². The number of benzene rings is 1. The molecule has 0 radical (unpaired) electrons. The molecule has 21 heavy (non-hydrogen) atoms. The molecule has 3 rings (SSSR count). The highest BCUT2D eigenvalue weighted by Gasteiger charge is 2.16. The molecule has 1 aliphatic rings. The number of rotatable bonds is 4. The van der Waals surface area contributed by atoms with Gasteiger partial charge < -0.3 is 9.47 Å². The zero-order valence-electron chi connectivity index (χ0n) is 12.4. The Morgan fingerprint density at radius 1 is 1.24 bits per heavy atom. The van der Waals surface area contributed by atoms with E-state index in [1.54, 1.807) is 0 Å². The minimum atomic E-state index is -0.0589. The van der Waals surface area contributed by atoms with Crippen molar-refractivity contribution in [3.05, 3.63) is 27.6 Å². The number of likely N-dealkylation sites (tertiary alicyclic amines) is 1. The molecular weight excluding hydrogens is 397 g/mol. The van der Waals surface area contributed by atoms with Crippen LogP contribution in [-0.4, -0.2) is 34.1 Å². The maximum absolute atomic E-state index is 6.34. The number of nitrogens with zero attached hydrogens (tertiary/aromatic N) is 3. The van der Waals surface area contributed by atoms with E-state index in [1.165, 1.54) is 41.4 Å². The van der Waals surface area contributed by atoms with E-state index >= 15 is 0 Å². The van der Waals surface area contributed by atoms with Crippen LogP contribution < -0.4 is 0 Å². The maximum atomic E-state index is 6.34. The third-order valence-corrected chi connectivity index (χ3v) is 5.05. The van der Waals surface area contributed by atoms with E-state index in [0.717, 1.165) is 24.4 Å². The highest BCUT2D eigenvalue weighted by Crippen LogP contribution is 2.26. The molecule has 0 aliphatic carbocycles. The van der Waals surface area contributed by atoms with Crippen LogP contribution in [0.1, 0.15) is 37.4 Å². The van der Waals surface area contributed by atoms with Crippen molar-refractivity contribution in [3.63, 3.8) is 0 Å². The number of hydrogen-bond donors (Lipinski definition) is 0. The summed E-state index contributed by atoms with van der Waals surface area (Å²) in [6.45, 7) is 6.54. The summed E-state index contributed by atoms with van der Waals surface area (Å²) in [6, 6.07) is 6.45. The second-order valence-corrected chi connectivity index (χ2v) is 7.67. The lowest BCUT2D eigenvalue weighted by atomic mass is 10.1. The molecule has 114 valence electrons. The van der Waals surface area contributed by atoms with Crippen molar-refractivity contribution in [1.82, 2.24) is 14.5 Å². The number of halogens is 2. The van der Waals surface area contributed by atoms with Gasteiger partial charge in [0.2, 0.25) is 0 Å². The van der Waals surface area contributed by atoms with Gasteiger partial charge in [-0.3, -0.25) is 0 Å². The van der Waals surface area contributed by atoms with E-state index in [1.807, 2.05) is 6.92 Å². The number of alkyl halides is 1. The van der Waals surface area contributed by atoms with Crippen LogP contribution in [0.3, 0.4) is 0 Å². The van der Waals surface area contributed by atoms with Gasteiger partial charge in [0, 0.05) is 16.7 Å². The zero-order chi connectivity index (χ0) is 14.8. The van der Waals surface area contributed by atoms with Crippen LogP contribution in [-0.2, 0) is 6.54 Å². The summed E-state index contributed by atoms with van der Waals surface area (Å²) in [5, 5.41) is -0.0589. The van der Waals surface area contributed by atoms with Gasteiger partial charge in [0.25, 0.3) is 0 Å². The first-order valence-electron chi connectivity index (χ1n) is 7.67. The monoisotopic (exact) mass is 417 g/mol. The van der Waals surface area contributed by atoms with Gasteiger partial charge in [-0.05, 0) is 73.6 Å². The van der Waals surface area contributed by atoms with Gasteiger partial charge in [0.05, 0.1) is 16.4 Å². The third kappa shape index (κ3) is 3.54. The molecule has 1 aromatic carbocycles. The molecule has 0 spiro atoms. The van der Waals surface area contributed by atoms with E-state index in [9.17, 15) is 0 Å². The smallest absolute Gasteiger partial charge is 0.127 e. The van der Waals surface area contributed by atoms with Crippen LogP contribution in [0.25, 0.3) is 11.0 Å². The molecule has 3 nitrogen and oxygen atoms in total. The first kappa shape index (κ1) is 15.6. The maximum Gasteiger partial charge on any atom is 0.127 e. The standard InChI is InChI=1S/C16H21ClIN3/c1-12(17)16-19-14-11-13(18)5-6-15(14)21(16)10-9-20-7-3-2-4-8-20/h5-6,11-12H,2-4,7-10H2,1H3. The molecular formula is C16H21ClIN3. The summed E-state index contributed by atoms with van der Waals surface area (Å²) in [4.78, 5) is 7.30. The van der Waals surface area contributed by atoms with E-state index in [-0.39, 0.29) is 5.38 Å². The lowest BCUT2D eigenvalue weighted by Gasteiger charge is -2.27. The van der Waals surface area contributed by atoms with Gasteiger partial charge in [-0.25, -0.2) is 4.98 Å². The Balaban J connectivity index is 1.86. The van der Waals surface area contributed by atoms with Crippen LogP contribution in [0.5, 0.6) is 0 Å². The van der Waals surface area contributed by atoms with E-state index in [4.69, 9.17) is 16.6 Å². The van der Waals surface area contributed by atoms with Crippen molar-refractivity contribution in [2.24, 2.45) is 0 Å². The van der Waals surface area contributed by atoms with E-state index in [0.29, 0.717) is 0 Å². The second kappa shape index (κ2) is 6.84. The second-order valence-electron chi connectivity index (χ2n) is 5.77. The minimum absolute atomic E-state index is 0.0589. The highest BCUT2D eigenvalue weighted by molar-refractivity contribution is 14.1. The van der Waals surface area contributed by atoms with Crippen molar-refractivity contribution < 1.29 is 0 Å². The van der Waals surface area contributed by atoms with Crippen molar-refractivity contribution in [3.8, 4) is 0 Å². The van der Waals surface area contributed by atoms with E-state index in [2.05, 4.69) is 50.3 Å². The van der Waals surface area contributed by atoms with E-state index < -0.39 is 0 Å². The molecule has 0 bridgehead atoms. The lowest BCUT2D eigenvalue weighted by Crippen LogP contribution is -2.32. The quantitative estimate of drug-likeness (QED) is 0.542. The summed E-state index contributed by atoms with van der Waals surface area (Å²) in [5.74, 6) is 0.991. The van der Waals surface area contributed by atoms with Crippen molar-refractivity contribution >= 4 is 45.2 Å². The van der Waals surface area contributed by atoms with Gasteiger partial charge >= 0.3 is 0 Å². The zero-order valence-corrected chi connectivity index (χ0v) is 15.3. The molecule has 1 saturated heterocycles. The fourth-order valence-electron chi connectivity index (χ4n) is 3.08. The van der Waals surface area contributed by atoms with Crippen molar-refractivity contribution in [2.45, 2.75) is 38.1 Å². The molecule has 1 atom stereocenters. The highest BCUT2D eigenvalue weighted by atomic mass is 127. The summed E-state index contributed by atoms with van der Waals surface area (Å²) >= 11 is 8.67. The molecule has 0 saturated carbocycles. The number of piperidine rings is 1. The summed E-state index contributed by atoms with van der Waals surface area (Å²) in [5.41, 5.74) is 2.26. The predicted octanol–water partition coefficient (Wildman–Crippen LogP) is 4.43. The number of aromatic nitrogens is 2. The van der Waals surface area contributed by atoms with Crippen LogP contribution in [0.4, 0.5) is 0 Å². The minimum Gasteiger partial charge on any atom is -0.325 e. The topological polar surface area (TPSA) is 21.1 Å². The summed E-state index contributed by atoms with van der Waals surface area (Å²) in [6.07, 6.45) is 4.05.